The lowest BCUT2D eigenvalue weighted by atomic mass is 10.6. The topological polar surface area (TPSA) is 57.5 Å². The number of carboxylic acid groups (broad SMARTS) is 2. The van der Waals surface area contributed by atoms with Gasteiger partial charge in [-0.15, -0.1) is 0 Å². The van der Waals surface area contributed by atoms with Crippen LogP contribution >= 0.6 is 0 Å². The number of alkyl halides is 1. The average molecular weight is 176 g/mol. The molecule has 2 N–H and O–H groups in total. The van der Waals surface area contributed by atoms with Gasteiger partial charge in [0.2, 0.25) is 0 Å². The van der Waals surface area contributed by atoms with E-state index in [9.17, 15) is 17.6 Å². The number of carbonyl (C=O) groups is 1. The summed E-state index contributed by atoms with van der Waals surface area (Å²) in [6, 6.07) is 0. The zero-order valence-electron chi connectivity index (χ0n) is 5.02. The minimum absolute atomic E-state index is 1.72. The van der Waals surface area contributed by atoms with Crippen LogP contribution < -0.4 is 0 Å². The van der Waals surface area contributed by atoms with Gasteiger partial charge in [-0.05, 0) is 0 Å². The third-order valence-electron chi connectivity index (χ3n) is 0.322. The smallest absolute Gasteiger partial charge is 0.450 e. The van der Waals surface area contributed by atoms with Crippen LogP contribution in [0.5, 0.6) is 0 Å². The van der Waals surface area contributed by atoms with Crippen molar-refractivity contribution in [3.8, 4) is 0 Å². The molecule has 0 rings (SSSR count). The molecule has 0 atom stereocenters. The summed E-state index contributed by atoms with van der Waals surface area (Å²) in [5, 5.41) is 13.9. The Morgan fingerprint density at radius 3 is 1.45 bits per heavy atom. The molecule has 0 radical (unpaired) electrons. The lowest BCUT2D eigenvalue weighted by Crippen LogP contribution is -1.81. The number of halogens is 4. The van der Waals surface area contributed by atoms with Gasteiger partial charge in [-0.1, -0.05) is 0 Å². The molecule has 0 aliphatic heterocycles. The van der Waals surface area contributed by atoms with E-state index in [0.717, 1.165) is 0 Å². The van der Waals surface area contributed by atoms with Crippen molar-refractivity contribution in [1.82, 2.24) is 0 Å². The van der Waals surface area contributed by atoms with Crippen LogP contribution in [0.2, 0.25) is 0 Å². The van der Waals surface area contributed by atoms with Crippen molar-refractivity contribution in [2.24, 2.45) is 0 Å². The maximum atomic E-state index is 11.0. The molecule has 11 heavy (non-hydrogen) atoms. The van der Waals surface area contributed by atoms with Crippen LogP contribution in [0.4, 0.5) is 22.4 Å². The fraction of sp³-hybridized carbons (Fsp3) is 0.250. The van der Waals surface area contributed by atoms with E-state index in [0.29, 0.717) is 0 Å². The number of hydrogen-bond donors (Lipinski definition) is 2. The molecule has 0 aromatic heterocycles. The van der Waals surface area contributed by atoms with Crippen molar-refractivity contribution in [2.45, 2.75) is 0 Å². The van der Waals surface area contributed by atoms with Gasteiger partial charge in [-0.3, -0.25) is 0 Å². The number of allylic oxidation sites excluding steroid dienone is 1. The Morgan fingerprint density at radius 2 is 1.45 bits per heavy atom. The van der Waals surface area contributed by atoms with E-state index in [1.54, 1.807) is 0 Å². The third-order valence-corrected chi connectivity index (χ3v) is 0.322. The van der Waals surface area contributed by atoms with Gasteiger partial charge in [0, 0.05) is 0 Å². The molecule has 0 aliphatic rings. The van der Waals surface area contributed by atoms with E-state index < -0.39 is 24.7 Å². The third kappa shape index (κ3) is 17.7. The average Bonchev–Trinajstić information content (AvgIpc) is 1.85. The van der Waals surface area contributed by atoms with E-state index in [2.05, 4.69) is 0 Å². The Balaban J connectivity index is 0. The highest BCUT2D eigenvalue weighted by Gasteiger charge is 2.00. The summed E-state index contributed by atoms with van der Waals surface area (Å²) >= 11 is 0. The first-order valence-corrected chi connectivity index (χ1v) is 2.09. The highest BCUT2D eigenvalue weighted by atomic mass is 19.3. The highest BCUT2D eigenvalue weighted by molar-refractivity contribution is 5.53. The maximum Gasteiger partial charge on any atom is 0.503 e. The van der Waals surface area contributed by atoms with E-state index in [-0.39, 0.29) is 0 Å². The van der Waals surface area contributed by atoms with Gasteiger partial charge < -0.3 is 10.2 Å². The lowest BCUT2D eigenvalue weighted by Gasteiger charge is -1.79. The Bertz CT molecular complexity index is 147. The molecule has 0 aromatic carbocycles. The molecule has 0 spiro atoms. The zero-order valence-corrected chi connectivity index (χ0v) is 5.02. The molecule has 0 unspecified atom stereocenters. The number of rotatable bonds is 1. The fourth-order valence-corrected chi connectivity index (χ4v) is 0.0505. The van der Waals surface area contributed by atoms with Crippen molar-refractivity contribution in [1.29, 1.82) is 0 Å². The lowest BCUT2D eigenvalue weighted by molar-refractivity contribution is 0.137. The highest BCUT2D eigenvalue weighted by Crippen LogP contribution is 2.07. The molecule has 0 fully saturated rings. The van der Waals surface area contributed by atoms with Crippen molar-refractivity contribution >= 4 is 6.16 Å². The molecule has 0 aliphatic carbocycles. The SMILES string of the molecule is FCC(F)=C(F)F.O=C(O)O. The molecule has 3 nitrogen and oxygen atoms in total. The first-order chi connectivity index (χ1) is 4.91. The van der Waals surface area contributed by atoms with Crippen molar-refractivity contribution in [2.75, 3.05) is 6.67 Å². The normalized spacial score (nSPS) is 7.64. The minimum atomic E-state index is -2.58. The Hall–Kier alpha value is -1.27. The molecule has 0 bridgehead atoms. The summed E-state index contributed by atoms with van der Waals surface area (Å²) in [6.45, 7) is -1.72. The first-order valence-electron chi connectivity index (χ1n) is 2.09. The summed E-state index contributed by atoms with van der Waals surface area (Å²) in [6.07, 6.45) is -4.41. The van der Waals surface area contributed by atoms with Gasteiger partial charge in [-0.2, -0.15) is 8.78 Å². The molecule has 0 amide bonds. The molecule has 0 aromatic rings. The van der Waals surface area contributed by atoms with Gasteiger partial charge in [0.05, 0.1) is 0 Å². The number of hydrogen-bond acceptors (Lipinski definition) is 1. The summed E-state index contributed by atoms with van der Waals surface area (Å²) in [5.41, 5.74) is 0. The zero-order chi connectivity index (χ0) is 9.44. The van der Waals surface area contributed by atoms with Gasteiger partial charge in [0.25, 0.3) is 0 Å². The van der Waals surface area contributed by atoms with Gasteiger partial charge >= 0.3 is 12.2 Å². The van der Waals surface area contributed by atoms with Crippen molar-refractivity contribution in [3.05, 3.63) is 11.9 Å². The van der Waals surface area contributed by atoms with Gasteiger partial charge in [0.15, 0.2) is 5.83 Å². The van der Waals surface area contributed by atoms with E-state index in [1.165, 1.54) is 0 Å². The van der Waals surface area contributed by atoms with E-state index in [1.807, 2.05) is 0 Å². The molecule has 66 valence electrons. The first kappa shape index (κ1) is 12.4. The molecule has 7 heteroatoms. The van der Waals surface area contributed by atoms with Gasteiger partial charge in [-0.25, -0.2) is 13.6 Å². The van der Waals surface area contributed by atoms with Crippen molar-refractivity contribution in [3.63, 3.8) is 0 Å². The second-order valence-corrected chi connectivity index (χ2v) is 1.08. The van der Waals surface area contributed by atoms with Crippen LogP contribution in [0.25, 0.3) is 0 Å². The standard InChI is InChI=1S/C3H2F4.CH2O3/c4-1-2(5)3(6)7;2-1(3)4/h1H2;(H2,2,3,4). The summed E-state index contributed by atoms with van der Waals surface area (Å²) in [7, 11) is 0. The molecular weight excluding hydrogens is 172 g/mol. The van der Waals surface area contributed by atoms with E-state index in [4.69, 9.17) is 15.0 Å². The predicted octanol–water partition coefficient (Wildman–Crippen LogP) is 2.26. The Labute approximate surface area is 58.6 Å². The monoisotopic (exact) mass is 176 g/mol. The minimum Gasteiger partial charge on any atom is -0.450 e. The fourth-order valence-electron chi connectivity index (χ4n) is 0.0505. The second-order valence-electron chi connectivity index (χ2n) is 1.08. The molecule has 0 heterocycles. The van der Waals surface area contributed by atoms with Crippen LogP contribution in [0.15, 0.2) is 11.9 Å². The van der Waals surface area contributed by atoms with E-state index >= 15 is 0 Å². The van der Waals surface area contributed by atoms with Crippen LogP contribution in [0, 0.1) is 0 Å². The molecule has 0 saturated carbocycles. The van der Waals surface area contributed by atoms with Crippen LogP contribution in [-0.2, 0) is 0 Å². The molecular formula is C4H4F4O3. The largest absolute Gasteiger partial charge is 0.503 e. The predicted molar refractivity (Wildman–Crippen MR) is 27.0 cm³/mol. The van der Waals surface area contributed by atoms with Crippen LogP contribution in [0.3, 0.4) is 0 Å². The second kappa shape index (κ2) is 6.84. The summed E-state index contributed by atoms with van der Waals surface area (Å²) in [5.74, 6) is -1.99. The van der Waals surface area contributed by atoms with Crippen LogP contribution in [0.1, 0.15) is 0 Å². The summed E-state index contributed by atoms with van der Waals surface area (Å²) < 4.78 is 43.1. The van der Waals surface area contributed by atoms with Crippen LogP contribution in [-0.4, -0.2) is 23.0 Å². The maximum absolute atomic E-state index is 11.0. The quantitative estimate of drug-likeness (QED) is 0.602. The molecule has 0 saturated heterocycles. The van der Waals surface area contributed by atoms with Gasteiger partial charge in [0.1, 0.15) is 6.67 Å². The Morgan fingerprint density at radius 1 is 1.18 bits per heavy atom. The Kier molecular flexibility index (Phi) is 7.72. The summed E-state index contributed by atoms with van der Waals surface area (Å²) in [4.78, 5) is 8.56. The van der Waals surface area contributed by atoms with Crippen molar-refractivity contribution < 1.29 is 32.6 Å².